The summed E-state index contributed by atoms with van der Waals surface area (Å²) in [6, 6.07) is 6.84. The van der Waals surface area contributed by atoms with Crippen LogP contribution in [0.1, 0.15) is 35.7 Å². The van der Waals surface area contributed by atoms with E-state index in [1.807, 2.05) is 0 Å². The molecule has 1 aliphatic rings. The van der Waals surface area contributed by atoms with Gasteiger partial charge in [-0.15, -0.1) is 0 Å². The topological polar surface area (TPSA) is 101 Å². The fourth-order valence-corrected chi connectivity index (χ4v) is 4.91. The molecule has 1 fully saturated rings. The summed E-state index contributed by atoms with van der Waals surface area (Å²) < 4.78 is 68.9. The second-order valence-electron chi connectivity index (χ2n) is 7.46. The Balaban J connectivity index is 1.74. The maximum atomic E-state index is 13.9. The minimum Gasteiger partial charge on any atom is -0.331 e. The van der Waals surface area contributed by atoms with Crippen molar-refractivity contribution in [3.63, 3.8) is 0 Å². The molecule has 4 N–H and O–H groups in total. The van der Waals surface area contributed by atoms with Crippen molar-refractivity contribution < 1.29 is 21.6 Å². The molecule has 0 amide bonds. The molecule has 1 aliphatic carbocycles. The molecule has 6 nitrogen and oxygen atoms in total. The maximum absolute atomic E-state index is 13.9. The third-order valence-corrected chi connectivity index (χ3v) is 6.91. The van der Waals surface area contributed by atoms with Crippen LogP contribution in [0.2, 0.25) is 5.02 Å². The molecule has 2 aromatic carbocycles. The van der Waals surface area contributed by atoms with Crippen LogP contribution in [0.15, 0.2) is 47.6 Å². The molecule has 11 heteroatoms. The van der Waals surface area contributed by atoms with E-state index in [9.17, 15) is 21.6 Å². The number of aromatic nitrogens is 2. The van der Waals surface area contributed by atoms with Gasteiger partial charge in [0.15, 0.2) is 16.7 Å². The van der Waals surface area contributed by atoms with Crippen LogP contribution < -0.4 is 10.5 Å². The van der Waals surface area contributed by atoms with Crippen LogP contribution in [0, 0.1) is 17.5 Å². The summed E-state index contributed by atoms with van der Waals surface area (Å²) in [5, 5.41) is -0.365. The predicted molar refractivity (Wildman–Crippen MR) is 109 cm³/mol. The molecule has 4 rings (SSSR count). The second-order valence-corrected chi connectivity index (χ2v) is 9.55. The number of halogens is 4. The van der Waals surface area contributed by atoms with Crippen molar-refractivity contribution in [3.8, 4) is 0 Å². The lowest BCUT2D eigenvalue weighted by Gasteiger charge is -2.32. The molecule has 1 saturated carbocycles. The third-order valence-electron chi connectivity index (χ3n) is 5.19. The summed E-state index contributed by atoms with van der Waals surface area (Å²) in [5.41, 5.74) is 6.38. The Morgan fingerprint density at radius 3 is 2.32 bits per heavy atom. The van der Waals surface area contributed by atoms with Crippen molar-refractivity contribution in [2.75, 3.05) is 0 Å². The van der Waals surface area contributed by atoms with Gasteiger partial charge < -0.3 is 10.7 Å². The van der Waals surface area contributed by atoms with Crippen LogP contribution in [-0.4, -0.2) is 30.5 Å². The zero-order valence-electron chi connectivity index (χ0n) is 15.9. The number of sulfonamides is 1. The van der Waals surface area contributed by atoms with Crippen molar-refractivity contribution in [1.29, 1.82) is 0 Å². The molecule has 0 saturated heterocycles. The monoisotopic (exact) mass is 470 g/mol. The van der Waals surface area contributed by atoms with E-state index in [4.69, 9.17) is 17.3 Å². The molecule has 1 atom stereocenters. The molecule has 3 aromatic rings. The van der Waals surface area contributed by atoms with E-state index in [1.54, 1.807) is 0 Å². The highest BCUT2D eigenvalue weighted by atomic mass is 35.5. The number of rotatable bonds is 6. The number of nitrogens with zero attached hydrogens (tertiary/aromatic N) is 1. The fraction of sp³-hybridized carbons (Fsp3) is 0.250. The summed E-state index contributed by atoms with van der Waals surface area (Å²) in [5.74, 6) is -3.49. The van der Waals surface area contributed by atoms with Crippen LogP contribution in [-0.2, 0) is 10.0 Å². The number of H-pyrrole nitrogens is 1. The van der Waals surface area contributed by atoms with Crippen molar-refractivity contribution in [2.24, 2.45) is 5.73 Å². The Hall–Kier alpha value is -2.40. The van der Waals surface area contributed by atoms with Gasteiger partial charge in [0.2, 0.25) is 0 Å². The van der Waals surface area contributed by atoms with E-state index in [-0.39, 0.29) is 33.5 Å². The zero-order valence-corrected chi connectivity index (χ0v) is 17.5. The number of nitrogens with one attached hydrogen (secondary N) is 2. The summed E-state index contributed by atoms with van der Waals surface area (Å²) in [7, 11) is -3.89. The molecule has 1 unspecified atom stereocenters. The molecule has 0 spiro atoms. The van der Waals surface area contributed by atoms with E-state index in [0.717, 1.165) is 24.4 Å². The lowest BCUT2D eigenvalue weighted by atomic mass is 9.89. The van der Waals surface area contributed by atoms with Gasteiger partial charge in [-0.1, -0.05) is 23.7 Å². The molecule has 0 aliphatic heterocycles. The van der Waals surface area contributed by atoms with Gasteiger partial charge in [-0.05, 0) is 48.2 Å². The summed E-state index contributed by atoms with van der Waals surface area (Å²) >= 11 is 5.90. The minimum atomic E-state index is -3.89. The standard InChI is InChI=1S/C20H18ClF3N4O2S/c21-14-5-10(1-3-15(14)22)19(11-2-4-16(23)17(24)6-11)20-26-9-18(27-20)31(29,30)28-13-7-12(25)8-13/h1-6,9,12-13,19,28H,7-8,25H2,(H,26,27). The van der Waals surface area contributed by atoms with Crippen molar-refractivity contribution in [1.82, 2.24) is 14.7 Å². The number of imidazole rings is 1. The van der Waals surface area contributed by atoms with E-state index in [1.165, 1.54) is 18.2 Å². The van der Waals surface area contributed by atoms with E-state index < -0.39 is 33.4 Å². The van der Waals surface area contributed by atoms with Crippen LogP contribution in [0.25, 0.3) is 0 Å². The Morgan fingerprint density at radius 1 is 1.06 bits per heavy atom. The first-order chi connectivity index (χ1) is 14.6. The molecule has 1 heterocycles. The van der Waals surface area contributed by atoms with Crippen LogP contribution in [0.3, 0.4) is 0 Å². The minimum absolute atomic E-state index is 0.0361. The molecule has 31 heavy (non-hydrogen) atoms. The van der Waals surface area contributed by atoms with Crippen LogP contribution in [0.4, 0.5) is 13.2 Å². The van der Waals surface area contributed by atoms with Gasteiger partial charge >= 0.3 is 0 Å². The third kappa shape index (κ3) is 4.47. The van der Waals surface area contributed by atoms with Gasteiger partial charge in [-0.3, -0.25) is 0 Å². The Bertz CT molecular complexity index is 1180. The van der Waals surface area contributed by atoms with Gasteiger partial charge in [0.1, 0.15) is 11.6 Å². The summed E-state index contributed by atoms with van der Waals surface area (Å²) in [4.78, 5) is 6.89. The molecule has 1 aromatic heterocycles. The molecular weight excluding hydrogens is 453 g/mol. The summed E-state index contributed by atoms with van der Waals surface area (Å²) in [6.45, 7) is 0. The number of benzene rings is 2. The van der Waals surface area contributed by atoms with Gasteiger partial charge in [0.05, 0.1) is 17.1 Å². The number of hydrogen-bond donors (Lipinski definition) is 3. The molecule has 0 bridgehead atoms. The Morgan fingerprint density at radius 2 is 1.71 bits per heavy atom. The van der Waals surface area contributed by atoms with Gasteiger partial charge in [0.25, 0.3) is 10.0 Å². The normalized spacial score (nSPS) is 19.8. The average molecular weight is 471 g/mol. The van der Waals surface area contributed by atoms with Crippen molar-refractivity contribution in [3.05, 3.63) is 82.0 Å². The van der Waals surface area contributed by atoms with Gasteiger partial charge in [-0.2, -0.15) is 0 Å². The number of hydrogen-bond acceptors (Lipinski definition) is 4. The first-order valence-corrected chi connectivity index (χ1v) is 11.2. The van der Waals surface area contributed by atoms with Crippen molar-refractivity contribution in [2.45, 2.75) is 35.9 Å². The first kappa shape index (κ1) is 21.8. The molecular formula is C20H18ClF3N4O2S. The van der Waals surface area contributed by atoms with Crippen LogP contribution in [0.5, 0.6) is 0 Å². The van der Waals surface area contributed by atoms with E-state index >= 15 is 0 Å². The van der Waals surface area contributed by atoms with Gasteiger partial charge in [0, 0.05) is 12.1 Å². The maximum Gasteiger partial charge on any atom is 0.257 e. The quantitative estimate of drug-likeness (QED) is 0.513. The SMILES string of the molecule is NC1CC(NS(=O)(=O)c2cnc(C(c3ccc(F)c(F)c3)c3ccc(F)c(Cl)c3)[nH]2)C1. The van der Waals surface area contributed by atoms with E-state index in [0.29, 0.717) is 18.4 Å². The smallest absolute Gasteiger partial charge is 0.257 e. The van der Waals surface area contributed by atoms with E-state index in [2.05, 4.69) is 14.7 Å². The zero-order chi connectivity index (χ0) is 22.3. The Labute approximate surface area is 181 Å². The highest BCUT2D eigenvalue weighted by Crippen LogP contribution is 2.33. The lowest BCUT2D eigenvalue weighted by molar-refractivity contribution is 0.327. The van der Waals surface area contributed by atoms with Crippen LogP contribution >= 0.6 is 11.6 Å². The lowest BCUT2D eigenvalue weighted by Crippen LogP contribution is -2.50. The first-order valence-electron chi connectivity index (χ1n) is 9.37. The Kier molecular flexibility index (Phi) is 5.82. The predicted octanol–water partition coefficient (Wildman–Crippen LogP) is 3.43. The second kappa shape index (κ2) is 8.27. The highest BCUT2D eigenvalue weighted by molar-refractivity contribution is 7.89. The molecule has 0 radical (unpaired) electrons. The largest absolute Gasteiger partial charge is 0.331 e. The average Bonchev–Trinajstić information content (AvgIpc) is 3.17. The number of aromatic amines is 1. The van der Waals surface area contributed by atoms with Crippen molar-refractivity contribution >= 4 is 21.6 Å². The number of nitrogens with two attached hydrogens (primary N) is 1. The fourth-order valence-electron chi connectivity index (χ4n) is 3.54. The molecule has 164 valence electrons. The van der Waals surface area contributed by atoms with Gasteiger partial charge in [-0.25, -0.2) is 31.3 Å². The highest BCUT2D eigenvalue weighted by Gasteiger charge is 2.32. The summed E-state index contributed by atoms with van der Waals surface area (Å²) in [6.07, 6.45) is 2.20.